The number of benzene rings is 1. The first-order valence-electron chi connectivity index (χ1n) is 9.81. The third kappa shape index (κ3) is 7.22. The molecule has 1 atom stereocenters. The Hall–Kier alpha value is -0.603. The molecule has 1 nitrogen and oxygen atoms in total. The van der Waals surface area contributed by atoms with Gasteiger partial charge >= 0.3 is 0 Å². The summed E-state index contributed by atoms with van der Waals surface area (Å²) in [5.74, 6) is 0. The van der Waals surface area contributed by atoms with Crippen molar-refractivity contribution in [1.29, 1.82) is 0 Å². The molecule has 0 fully saturated rings. The summed E-state index contributed by atoms with van der Waals surface area (Å²) in [7, 11) is -1.62. The summed E-state index contributed by atoms with van der Waals surface area (Å²) >= 11 is 0. The molecule has 0 aromatic heterocycles. The molecule has 0 heterocycles. The van der Waals surface area contributed by atoms with Crippen LogP contribution in [0.2, 0.25) is 18.1 Å². The van der Waals surface area contributed by atoms with Gasteiger partial charge in [-0.05, 0) is 37.5 Å². The van der Waals surface area contributed by atoms with Crippen molar-refractivity contribution in [1.82, 2.24) is 0 Å². The van der Waals surface area contributed by atoms with Gasteiger partial charge in [-0.2, -0.15) is 0 Å². The molecule has 23 heavy (non-hydrogen) atoms. The highest BCUT2D eigenvalue weighted by Gasteiger charge is 2.35. The summed E-state index contributed by atoms with van der Waals surface area (Å²) in [4.78, 5) is 0. The quantitative estimate of drug-likeness (QED) is 0.361. The first-order chi connectivity index (χ1) is 11.1. The second-order valence-corrected chi connectivity index (χ2v) is 11.3. The van der Waals surface area contributed by atoms with E-state index in [0.717, 1.165) is 0 Å². The Kier molecular flexibility index (Phi) is 9.81. The molecule has 2 heteroatoms. The molecule has 0 spiro atoms. The number of hydrogen-bond donors (Lipinski definition) is 0. The van der Waals surface area contributed by atoms with E-state index in [0.29, 0.717) is 0 Å². The average molecular weight is 335 g/mol. The summed E-state index contributed by atoms with van der Waals surface area (Å²) in [6.45, 7) is 11.3. The van der Waals surface area contributed by atoms with Crippen LogP contribution in [0.15, 0.2) is 24.3 Å². The first-order valence-corrected chi connectivity index (χ1v) is 12.3. The van der Waals surface area contributed by atoms with Crippen LogP contribution in [0.25, 0.3) is 0 Å². The minimum Gasteiger partial charge on any atom is -0.410 e. The lowest BCUT2D eigenvalue weighted by atomic mass is 10.1. The SMILES string of the molecule is CCCC[Si](CCCC)(CCCC)OC(C)c1ccc(C)cc1. The molecule has 132 valence electrons. The first kappa shape index (κ1) is 20.4. The van der Waals surface area contributed by atoms with Crippen LogP contribution in [0.3, 0.4) is 0 Å². The highest BCUT2D eigenvalue weighted by Crippen LogP contribution is 2.34. The van der Waals surface area contributed by atoms with E-state index >= 15 is 0 Å². The molecular weight excluding hydrogens is 296 g/mol. The third-order valence-electron chi connectivity index (χ3n) is 4.93. The molecule has 1 aromatic carbocycles. The summed E-state index contributed by atoms with van der Waals surface area (Å²) in [6, 6.07) is 13.0. The largest absolute Gasteiger partial charge is 0.410 e. The fourth-order valence-corrected chi connectivity index (χ4v) is 8.31. The normalized spacial score (nSPS) is 13.3. The molecule has 0 saturated carbocycles. The second kappa shape index (κ2) is 11.0. The van der Waals surface area contributed by atoms with Crippen LogP contribution in [-0.4, -0.2) is 8.32 Å². The van der Waals surface area contributed by atoms with Gasteiger partial charge in [0.2, 0.25) is 0 Å². The standard InChI is InChI=1S/C21H38OSi/c1-6-9-16-23(17-10-7-2,18-11-8-3)22-20(5)21-14-12-19(4)13-15-21/h12-15,20H,6-11,16-18H2,1-5H3. The zero-order valence-electron chi connectivity index (χ0n) is 16.2. The predicted octanol–water partition coefficient (Wildman–Crippen LogP) is 7.42. The fourth-order valence-electron chi connectivity index (χ4n) is 3.33. The van der Waals surface area contributed by atoms with Gasteiger partial charge in [-0.3, -0.25) is 0 Å². The molecule has 0 aliphatic heterocycles. The monoisotopic (exact) mass is 334 g/mol. The van der Waals surface area contributed by atoms with E-state index in [2.05, 4.69) is 58.9 Å². The number of rotatable bonds is 12. The van der Waals surface area contributed by atoms with Crippen LogP contribution in [-0.2, 0) is 4.43 Å². The third-order valence-corrected chi connectivity index (χ3v) is 9.58. The molecule has 1 rings (SSSR count). The second-order valence-electron chi connectivity index (χ2n) is 7.16. The topological polar surface area (TPSA) is 9.23 Å². The minimum atomic E-state index is -1.62. The average Bonchev–Trinajstić information content (AvgIpc) is 2.56. The number of hydrogen-bond acceptors (Lipinski definition) is 1. The fraction of sp³-hybridized carbons (Fsp3) is 0.714. The molecule has 0 N–H and O–H groups in total. The van der Waals surface area contributed by atoms with Crippen molar-refractivity contribution in [3.63, 3.8) is 0 Å². The van der Waals surface area contributed by atoms with Crippen molar-refractivity contribution < 1.29 is 4.43 Å². The van der Waals surface area contributed by atoms with E-state index in [9.17, 15) is 0 Å². The highest BCUT2D eigenvalue weighted by atomic mass is 28.4. The maximum absolute atomic E-state index is 6.91. The summed E-state index contributed by atoms with van der Waals surface area (Å²) < 4.78 is 6.91. The smallest absolute Gasteiger partial charge is 0.193 e. The van der Waals surface area contributed by atoms with Gasteiger partial charge in [-0.1, -0.05) is 89.1 Å². The van der Waals surface area contributed by atoms with E-state index in [1.807, 2.05) is 0 Å². The van der Waals surface area contributed by atoms with Crippen molar-refractivity contribution in [2.45, 2.75) is 97.4 Å². The molecule has 0 amide bonds. The summed E-state index contributed by atoms with van der Waals surface area (Å²) in [6.07, 6.45) is 8.11. The molecule has 0 radical (unpaired) electrons. The molecule has 0 aliphatic carbocycles. The molecule has 0 bridgehead atoms. The Morgan fingerprint density at radius 1 is 0.826 bits per heavy atom. The van der Waals surface area contributed by atoms with Crippen LogP contribution in [0.5, 0.6) is 0 Å². The van der Waals surface area contributed by atoms with Gasteiger partial charge in [0.25, 0.3) is 0 Å². The van der Waals surface area contributed by atoms with E-state index in [-0.39, 0.29) is 6.10 Å². The lowest BCUT2D eigenvalue weighted by molar-refractivity contribution is 0.206. The van der Waals surface area contributed by atoms with Crippen LogP contribution >= 0.6 is 0 Å². The van der Waals surface area contributed by atoms with Crippen LogP contribution in [0.4, 0.5) is 0 Å². The Labute approximate surface area is 146 Å². The Balaban J connectivity index is 2.87. The molecule has 1 aromatic rings. The van der Waals surface area contributed by atoms with Gasteiger partial charge in [0.15, 0.2) is 8.32 Å². The number of aryl methyl sites for hydroxylation is 1. The Bertz CT molecular complexity index is 391. The minimum absolute atomic E-state index is 0.243. The molecule has 0 saturated heterocycles. The van der Waals surface area contributed by atoms with E-state index in [1.54, 1.807) is 0 Å². The maximum atomic E-state index is 6.91. The van der Waals surface area contributed by atoms with Crippen molar-refractivity contribution in [3.05, 3.63) is 35.4 Å². The van der Waals surface area contributed by atoms with Gasteiger partial charge in [0.1, 0.15) is 0 Å². The van der Waals surface area contributed by atoms with Crippen molar-refractivity contribution in [2.75, 3.05) is 0 Å². The Morgan fingerprint density at radius 2 is 1.26 bits per heavy atom. The summed E-state index contributed by atoms with van der Waals surface area (Å²) in [5.41, 5.74) is 2.67. The van der Waals surface area contributed by atoms with E-state index in [1.165, 1.54) is 67.8 Å². The lowest BCUT2D eigenvalue weighted by Crippen LogP contribution is -2.39. The van der Waals surface area contributed by atoms with Gasteiger partial charge in [0, 0.05) is 0 Å². The number of unbranched alkanes of at least 4 members (excludes halogenated alkanes) is 3. The van der Waals surface area contributed by atoms with Crippen LogP contribution in [0.1, 0.15) is 83.5 Å². The zero-order valence-corrected chi connectivity index (χ0v) is 17.2. The predicted molar refractivity (Wildman–Crippen MR) is 106 cm³/mol. The molecule has 0 aliphatic rings. The van der Waals surface area contributed by atoms with Gasteiger partial charge in [0.05, 0.1) is 6.10 Å². The maximum Gasteiger partial charge on any atom is 0.193 e. The molecule has 1 unspecified atom stereocenters. The van der Waals surface area contributed by atoms with Crippen molar-refractivity contribution in [3.8, 4) is 0 Å². The zero-order chi connectivity index (χ0) is 17.1. The van der Waals surface area contributed by atoms with Gasteiger partial charge in [-0.15, -0.1) is 0 Å². The highest BCUT2D eigenvalue weighted by molar-refractivity contribution is 6.73. The van der Waals surface area contributed by atoms with E-state index in [4.69, 9.17) is 4.43 Å². The van der Waals surface area contributed by atoms with Gasteiger partial charge in [-0.25, -0.2) is 0 Å². The summed E-state index contributed by atoms with van der Waals surface area (Å²) in [5, 5.41) is 0. The van der Waals surface area contributed by atoms with Crippen LogP contribution < -0.4 is 0 Å². The van der Waals surface area contributed by atoms with Gasteiger partial charge < -0.3 is 4.43 Å². The van der Waals surface area contributed by atoms with E-state index < -0.39 is 8.32 Å². The molecular formula is C21H38OSi. The van der Waals surface area contributed by atoms with Crippen LogP contribution in [0, 0.1) is 6.92 Å². The van der Waals surface area contributed by atoms with Crippen molar-refractivity contribution in [2.24, 2.45) is 0 Å². The lowest BCUT2D eigenvalue weighted by Gasteiger charge is -2.35. The van der Waals surface area contributed by atoms with Crippen molar-refractivity contribution >= 4 is 8.32 Å². The Morgan fingerprint density at radius 3 is 1.65 bits per heavy atom.